The number of pyridine rings is 1. The molecule has 0 radical (unpaired) electrons. The number of hydrazone groups is 1. The Hall–Kier alpha value is -3.00. The number of fused-ring (bicyclic) bond motifs is 1. The van der Waals surface area contributed by atoms with Gasteiger partial charge in [-0.2, -0.15) is 10.1 Å². The fourth-order valence-electron chi connectivity index (χ4n) is 2.18. The molecule has 2 aromatic heterocycles. The van der Waals surface area contributed by atoms with Crippen LogP contribution in [-0.2, 0) is 0 Å². The van der Waals surface area contributed by atoms with E-state index in [1.165, 1.54) is 4.40 Å². The molecule has 0 fully saturated rings. The summed E-state index contributed by atoms with van der Waals surface area (Å²) < 4.78 is 2.15. The van der Waals surface area contributed by atoms with E-state index in [9.17, 15) is 14.7 Å². The number of nitrogens with zero attached hydrogens (tertiary/aromatic N) is 3. The normalized spacial score (nSPS) is 11.1. The van der Waals surface area contributed by atoms with Gasteiger partial charge in [0.2, 0.25) is 5.88 Å². The molecule has 8 heteroatoms. The van der Waals surface area contributed by atoms with Crippen molar-refractivity contribution in [3.63, 3.8) is 0 Å². The van der Waals surface area contributed by atoms with Gasteiger partial charge in [0.05, 0.1) is 6.21 Å². The molecule has 2 heterocycles. The number of amides is 1. The van der Waals surface area contributed by atoms with Crippen LogP contribution in [0.5, 0.6) is 5.88 Å². The number of hydrogen-bond donors (Lipinski definition) is 2. The largest absolute Gasteiger partial charge is 0.493 e. The third-order valence-corrected chi connectivity index (χ3v) is 4.00. The number of halogens is 1. The van der Waals surface area contributed by atoms with E-state index >= 15 is 0 Å². The second kappa shape index (κ2) is 6.86. The number of carbonyl (C=O) groups excluding carboxylic acids is 1. The van der Waals surface area contributed by atoms with Crippen molar-refractivity contribution in [2.75, 3.05) is 0 Å². The Labute approximate surface area is 150 Å². The first-order chi connectivity index (χ1) is 12.0. The van der Waals surface area contributed by atoms with Crippen LogP contribution in [0, 0.1) is 6.92 Å². The van der Waals surface area contributed by atoms with Gasteiger partial charge in [-0.05, 0) is 48.9 Å². The SMILES string of the molecule is Cc1ccn2c(=O)c(C=NNC(=O)c3ccc(Br)cc3)c(O)nc2c1. The third kappa shape index (κ3) is 3.58. The zero-order chi connectivity index (χ0) is 18.0. The maximum absolute atomic E-state index is 12.4. The summed E-state index contributed by atoms with van der Waals surface area (Å²) >= 11 is 3.28. The summed E-state index contributed by atoms with van der Waals surface area (Å²) in [6.07, 6.45) is 2.64. The zero-order valence-corrected chi connectivity index (χ0v) is 14.7. The predicted octanol–water partition coefficient (Wildman–Crippen LogP) is 2.23. The van der Waals surface area contributed by atoms with Crippen molar-refractivity contribution in [3.8, 4) is 5.88 Å². The van der Waals surface area contributed by atoms with E-state index in [2.05, 4.69) is 31.4 Å². The second-order valence-electron chi connectivity index (χ2n) is 5.29. The number of rotatable bonds is 3. The maximum Gasteiger partial charge on any atom is 0.271 e. The molecule has 0 saturated heterocycles. The highest BCUT2D eigenvalue weighted by atomic mass is 79.9. The van der Waals surface area contributed by atoms with Crippen LogP contribution in [0.15, 0.2) is 57.0 Å². The topological polar surface area (TPSA) is 96.1 Å². The first-order valence-electron chi connectivity index (χ1n) is 7.26. The summed E-state index contributed by atoms with van der Waals surface area (Å²) in [5.41, 5.74) is 3.37. The molecule has 0 unspecified atom stereocenters. The Balaban J connectivity index is 1.86. The van der Waals surface area contributed by atoms with Gasteiger partial charge in [0.1, 0.15) is 11.2 Å². The van der Waals surface area contributed by atoms with Crippen molar-refractivity contribution >= 4 is 33.7 Å². The first-order valence-corrected chi connectivity index (χ1v) is 8.06. The highest BCUT2D eigenvalue weighted by Crippen LogP contribution is 2.11. The molecule has 0 aliphatic heterocycles. The molecule has 126 valence electrons. The zero-order valence-electron chi connectivity index (χ0n) is 13.1. The Kier molecular flexibility index (Phi) is 4.62. The molecule has 3 rings (SSSR count). The van der Waals surface area contributed by atoms with Gasteiger partial charge < -0.3 is 5.11 Å². The molecule has 0 saturated carbocycles. The summed E-state index contributed by atoms with van der Waals surface area (Å²) in [5.74, 6) is -0.884. The van der Waals surface area contributed by atoms with E-state index in [-0.39, 0.29) is 5.56 Å². The molecule has 1 amide bonds. The van der Waals surface area contributed by atoms with Gasteiger partial charge >= 0.3 is 0 Å². The highest BCUT2D eigenvalue weighted by Gasteiger charge is 2.10. The molecule has 25 heavy (non-hydrogen) atoms. The molecule has 3 aromatic rings. The average molecular weight is 401 g/mol. The van der Waals surface area contributed by atoms with Gasteiger partial charge in [-0.1, -0.05) is 15.9 Å². The second-order valence-corrected chi connectivity index (χ2v) is 6.21. The molecule has 7 nitrogen and oxygen atoms in total. The molecule has 0 bridgehead atoms. The van der Waals surface area contributed by atoms with Gasteiger partial charge in [-0.3, -0.25) is 14.0 Å². The van der Waals surface area contributed by atoms with Crippen LogP contribution in [0.4, 0.5) is 0 Å². The standard InChI is InChI=1S/C17H13BrN4O3/c1-10-6-7-22-14(8-10)20-16(24)13(17(22)25)9-19-21-15(23)11-2-4-12(18)5-3-11/h2-9,24H,1H3,(H,21,23). The van der Waals surface area contributed by atoms with E-state index < -0.39 is 17.3 Å². The number of hydrogen-bond acceptors (Lipinski definition) is 5. The number of aromatic nitrogens is 2. The van der Waals surface area contributed by atoms with E-state index in [4.69, 9.17) is 0 Å². The van der Waals surface area contributed by atoms with E-state index in [0.29, 0.717) is 11.2 Å². The van der Waals surface area contributed by atoms with Gasteiger partial charge in [-0.25, -0.2) is 5.43 Å². The number of aromatic hydroxyl groups is 1. The van der Waals surface area contributed by atoms with Crippen LogP contribution in [0.1, 0.15) is 21.5 Å². The minimum Gasteiger partial charge on any atom is -0.493 e. The molecule has 0 aliphatic rings. The Morgan fingerprint density at radius 2 is 2.04 bits per heavy atom. The molecular weight excluding hydrogens is 388 g/mol. The lowest BCUT2D eigenvalue weighted by atomic mass is 10.2. The number of benzene rings is 1. The molecule has 0 spiro atoms. The Morgan fingerprint density at radius 3 is 2.76 bits per heavy atom. The van der Waals surface area contributed by atoms with Gasteiger partial charge in [0, 0.05) is 16.2 Å². The van der Waals surface area contributed by atoms with Gasteiger partial charge in [-0.15, -0.1) is 0 Å². The van der Waals surface area contributed by atoms with E-state index in [0.717, 1.165) is 16.3 Å². The average Bonchev–Trinajstić information content (AvgIpc) is 2.58. The van der Waals surface area contributed by atoms with Crippen molar-refractivity contribution in [3.05, 3.63) is 74.1 Å². The van der Waals surface area contributed by atoms with Crippen molar-refractivity contribution in [1.82, 2.24) is 14.8 Å². The van der Waals surface area contributed by atoms with Crippen molar-refractivity contribution < 1.29 is 9.90 Å². The van der Waals surface area contributed by atoms with Crippen LogP contribution >= 0.6 is 15.9 Å². The van der Waals surface area contributed by atoms with Crippen LogP contribution in [0.2, 0.25) is 0 Å². The molecule has 0 aliphatic carbocycles. The Morgan fingerprint density at radius 1 is 1.32 bits per heavy atom. The van der Waals surface area contributed by atoms with Crippen LogP contribution in [0.3, 0.4) is 0 Å². The van der Waals surface area contributed by atoms with Gasteiger partial charge in [0.15, 0.2) is 0 Å². The van der Waals surface area contributed by atoms with Crippen molar-refractivity contribution in [1.29, 1.82) is 0 Å². The van der Waals surface area contributed by atoms with Crippen molar-refractivity contribution in [2.24, 2.45) is 5.10 Å². The minimum absolute atomic E-state index is 0.113. The predicted molar refractivity (Wildman–Crippen MR) is 97.1 cm³/mol. The number of aryl methyl sites for hydroxylation is 1. The van der Waals surface area contributed by atoms with Crippen LogP contribution in [-0.4, -0.2) is 26.6 Å². The maximum atomic E-state index is 12.4. The van der Waals surface area contributed by atoms with Crippen LogP contribution in [0.25, 0.3) is 5.65 Å². The molecule has 1 aromatic carbocycles. The summed E-state index contributed by atoms with van der Waals surface area (Å²) in [6, 6.07) is 10.1. The minimum atomic E-state index is -0.482. The first kappa shape index (κ1) is 16.8. The quantitative estimate of drug-likeness (QED) is 0.520. The van der Waals surface area contributed by atoms with Gasteiger partial charge in [0.25, 0.3) is 11.5 Å². The summed E-state index contributed by atoms with van der Waals surface area (Å²) in [6.45, 7) is 1.86. The van der Waals surface area contributed by atoms with Crippen molar-refractivity contribution in [2.45, 2.75) is 6.92 Å². The lowest BCUT2D eigenvalue weighted by molar-refractivity contribution is 0.0955. The third-order valence-electron chi connectivity index (χ3n) is 3.47. The summed E-state index contributed by atoms with van der Waals surface area (Å²) in [7, 11) is 0. The Bertz CT molecular complexity index is 1040. The lowest BCUT2D eigenvalue weighted by Crippen LogP contribution is -2.22. The smallest absolute Gasteiger partial charge is 0.271 e. The van der Waals surface area contributed by atoms with E-state index in [1.54, 1.807) is 42.6 Å². The highest BCUT2D eigenvalue weighted by molar-refractivity contribution is 9.10. The molecule has 2 N–H and O–H groups in total. The fourth-order valence-corrected chi connectivity index (χ4v) is 2.44. The lowest BCUT2D eigenvalue weighted by Gasteiger charge is -2.04. The molecule has 0 atom stereocenters. The summed E-state index contributed by atoms with van der Waals surface area (Å²) in [4.78, 5) is 28.3. The van der Waals surface area contributed by atoms with Crippen LogP contribution < -0.4 is 11.0 Å². The number of carbonyl (C=O) groups is 1. The summed E-state index contributed by atoms with van der Waals surface area (Å²) in [5, 5.41) is 13.7. The monoisotopic (exact) mass is 400 g/mol. The van der Waals surface area contributed by atoms with E-state index in [1.807, 2.05) is 6.92 Å². The fraction of sp³-hybridized carbons (Fsp3) is 0.0588. The number of nitrogens with one attached hydrogen (secondary N) is 1. The molecular formula is C17H13BrN4O3.